The van der Waals surface area contributed by atoms with Gasteiger partial charge in [-0.2, -0.15) is 13.2 Å². The molecule has 1 amide bonds. The number of hydrogen-bond donors (Lipinski definition) is 1. The van der Waals surface area contributed by atoms with Crippen LogP contribution < -0.4 is 10.2 Å². The molecular formula is C13H15F3N2O2. The zero-order valence-electron chi connectivity index (χ0n) is 11.0. The molecule has 1 heterocycles. The Balaban J connectivity index is 2.11. The van der Waals surface area contributed by atoms with Gasteiger partial charge >= 0.3 is 12.1 Å². The maximum absolute atomic E-state index is 12.2. The van der Waals surface area contributed by atoms with Crippen molar-refractivity contribution in [3.05, 3.63) is 23.8 Å². The molecule has 0 radical (unpaired) electrons. The van der Waals surface area contributed by atoms with Gasteiger partial charge in [0, 0.05) is 24.5 Å². The van der Waals surface area contributed by atoms with Crippen molar-refractivity contribution >= 4 is 17.3 Å². The number of amides is 1. The van der Waals surface area contributed by atoms with Crippen molar-refractivity contribution in [2.75, 3.05) is 36.5 Å². The third-order valence-electron chi connectivity index (χ3n) is 3.06. The smallest absolute Gasteiger partial charge is 0.378 e. The second-order valence-corrected chi connectivity index (χ2v) is 4.55. The molecule has 1 aliphatic heterocycles. The molecule has 7 heteroatoms. The SMILES string of the molecule is Cc1cc(NC(=O)C(F)(F)F)ccc1N1CCOCC1. The van der Waals surface area contributed by atoms with Crippen LogP contribution in [0.3, 0.4) is 0 Å². The molecule has 110 valence electrons. The number of ether oxygens (including phenoxy) is 1. The second kappa shape index (κ2) is 5.70. The molecule has 4 nitrogen and oxygen atoms in total. The first-order chi connectivity index (χ1) is 9.38. The van der Waals surface area contributed by atoms with Crippen molar-refractivity contribution in [2.24, 2.45) is 0 Å². The van der Waals surface area contributed by atoms with E-state index in [1.807, 2.05) is 5.32 Å². The van der Waals surface area contributed by atoms with Gasteiger partial charge in [0.2, 0.25) is 0 Å². The molecule has 0 unspecified atom stereocenters. The lowest BCUT2D eigenvalue weighted by Gasteiger charge is -2.30. The fourth-order valence-electron chi connectivity index (χ4n) is 2.09. The minimum Gasteiger partial charge on any atom is -0.378 e. The van der Waals surface area contributed by atoms with Crippen LogP contribution in [-0.4, -0.2) is 38.4 Å². The quantitative estimate of drug-likeness (QED) is 0.908. The maximum Gasteiger partial charge on any atom is 0.471 e. The zero-order chi connectivity index (χ0) is 14.8. The molecule has 0 spiro atoms. The van der Waals surface area contributed by atoms with Crippen molar-refractivity contribution in [1.82, 2.24) is 0 Å². The Labute approximate surface area is 114 Å². The van der Waals surface area contributed by atoms with Crippen LogP contribution in [0.25, 0.3) is 0 Å². The van der Waals surface area contributed by atoms with Crippen LogP contribution in [0, 0.1) is 6.92 Å². The number of nitrogens with zero attached hydrogens (tertiary/aromatic N) is 1. The summed E-state index contributed by atoms with van der Waals surface area (Å²) in [6, 6.07) is 4.72. The van der Waals surface area contributed by atoms with E-state index in [-0.39, 0.29) is 5.69 Å². The average Bonchev–Trinajstić information content (AvgIpc) is 2.38. The van der Waals surface area contributed by atoms with E-state index in [2.05, 4.69) is 4.90 Å². The van der Waals surface area contributed by atoms with E-state index in [9.17, 15) is 18.0 Å². The van der Waals surface area contributed by atoms with E-state index >= 15 is 0 Å². The van der Waals surface area contributed by atoms with Gasteiger partial charge in [-0.05, 0) is 30.7 Å². The van der Waals surface area contributed by atoms with E-state index in [0.717, 1.165) is 24.3 Å². The molecule has 0 bridgehead atoms. The van der Waals surface area contributed by atoms with Crippen molar-refractivity contribution in [1.29, 1.82) is 0 Å². The van der Waals surface area contributed by atoms with Gasteiger partial charge in [0.25, 0.3) is 0 Å². The predicted molar refractivity (Wildman–Crippen MR) is 68.9 cm³/mol. The lowest BCUT2D eigenvalue weighted by Crippen LogP contribution is -2.36. The molecule has 1 aromatic carbocycles. The van der Waals surface area contributed by atoms with E-state index in [1.165, 1.54) is 12.1 Å². The summed E-state index contributed by atoms with van der Waals surface area (Å²) >= 11 is 0. The van der Waals surface area contributed by atoms with E-state index in [4.69, 9.17) is 4.74 Å². The Bertz CT molecular complexity index is 497. The van der Waals surface area contributed by atoms with Gasteiger partial charge in [-0.1, -0.05) is 0 Å². The summed E-state index contributed by atoms with van der Waals surface area (Å²) in [5.74, 6) is -1.96. The summed E-state index contributed by atoms with van der Waals surface area (Å²) in [5, 5.41) is 1.85. The second-order valence-electron chi connectivity index (χ2n) is 4.55. The lowest BCUT2D eigenvalue weighted by molar-refractivity contribution is -0.167. The number of carbonyl (C=O) groups excluding carboxylic acids is 1. The highest BCUT2D eigenvalue weighted by Gasteiger charge is 2.38. The average molecular weight is 288 g/mol. The van der Waals surface area contributed by atoms with E-state index in [0.29, 0.717) is 13.2 Å². The number of benzene rings is 1. The van der Waals surface area contributed by atoms with Crippen molar-refractivity contribution < 1.29 is 22.7 Å². The van der Waals surface area contributed by atoms with Gasteiger partial charge in [0.15, 0.2) is 0 Å². The monoisotopic (exact) mass is 288 g/mol. The Morgan fingerprint density at radius 1 is 1.30 bits per heavy atom. The van der Waals surface area contributed by atoms with E-state index < -0.39 is 12.1 Å². The van der Waals surface area contributed by atoms with Crippen LogP contribution >= 0.6 is 0 Å². The van der Waals surface area contributed by atoms with Crippen molar-refractivity contribution in [3.63, 3.8) is 0 Å². The van der Waals surface area contributed by atoms with Crippen LogP contribution in [0.15, 0.2) is 18.2 Å². The van der Waals surface area contributed by atoms with Crippen LogP contribution in [0.1, 0.15) is 5.56 Å². The molecular weight excluding hydrogens is 273 g/mol. The zero-order valence-corrected chi connectivity index (χ0v) is 11.0. The summed E-state index contributed by atoms with van der Waals surface area (Å²) in [4.78, 5) is 13.0. The number of carbonyl (C=O) groups is 1. The number of morpholine rings is 1. The third kappa shape index (κ3) is 3.41. The number of halogens is 3. The summed E-state index contributed by atoms with van der Waals surface area (Å²) in [5.41, 5.74) is 1.90. The van der Waals surface area contributed by atoms with Gasteiger partial charge < -0.3 is 15.0 Å². The Morgan fingerprint density at radius 3 is 2.50 bits per heavy atom. The number of anilines is 2. The number of aryl methyl sites for hydroxylation is 1. The fourth-order valence-corrected chi connectivity index (χ4v) is 2.09. The maximum atomic E-state index is 12.2. The Kier molecular flexibility index (Phi) is 4.17. The molecule has 1 fully saturated rings. The van der Waals surface area contributed by atoms with Crippen LogP contribution in [0.5, 0.6) is 0 Å². The molecule has 0 aromatic heterocycles. The van der Waals surface area contributed by atoms with Gasteiger partial charge in [0.1, 0.15) is 0 Å². The van der Waals surface area contributed by atoms with Gasteiger partial charge in [-0.15, -0.1) is 0 Å². The summed E-state index contributed by atoms with van der Waals surface area (Å²) in [6.07, 6.45) is -4.88. The third-order valence-corrected chi connectivity index (χ3v) is 3.06. The largest absolute Gasteiger partial charge is 0.471 e. The highest BCUT2D eigenvalue weighted by Crippen LogP contribution is 2.25. The first kappa shape index (κ1) is 14.6. The molecule has 0 aliphatic carbocycles. The van der Waals surface area contributed by atoms with Crippen LogP contribution in [-0.2, 0) is 9.53 Å². The number of hydrogen-bond acceptors (Lipinski definition) is 3. The van der Waals surface area contributed by atoms with Gasteiger partial charge in [-0.3, -0.25) is 4.79 Å². The topological polar surface area (TPSA) is 41.6 Å². The summed E-state index contributed by atoms with van der Waals surface area (Å²) in [6.45, 7) is 4.55. The standard InChI is InChI=1S/C13H15F3N2O2/c1-9-8-10(17-12(19)13(14,15)16)2-3-11(9)18-4-6-20-7-5-18/h2-3,8H,4-7H2,1H3,(H,17,19). The lowest BCUT2D eigenvalue weighted by atomic mass is 10.1. The van der Waals surface area contributed by atoms with Crippen LogP contribution in [0.4, 0.5) is 24.5 Å². The summed E-state index contributed by atoms with van der Waals surface area (Å²) < 4.78 is 41.8. The first-order valence-electron chi connectivity index (χ1n) is 6.19. The Hall–Kier alpha value is -1.76. The number of alkyl halides is 3. The van der Waals surface area contributed by atoms with Gasteiger partial charge in [0.05, 0.1) is 13.2 Å². The predicted octanol–water partition coefficient (Wildman–Crippen LogP) is 2.33. The highest BCUT2D eigenvalue weighted by molar-refractivity contribution is 5.95. The van der Waals surface area contributed by atoms with Crippen LogP contribution in [0.2, 0.25) is 0 Å². The summed E-state index contributed by atoms with van der Waals surface area (Å²) in [7, 11) is 0. The normalized spacial score (nSPS) is 16.1. The molecule has 1 aliphatic rings. The molecule has 0 saturated carbocycles. The highest BCUT2D eigenvalue weighted by atomic mass is 19.4. The van der Waals surface area contributed by atoms with E-state index in [1.54, 1.807) is 13.0 Å². The molecule has 2 rings (SSSR count). The van der Waals surface area contributed by atoms with Crippen molar-refractivity contribution in [2.45, 2.75) is 13.1 Å². The number of rotatable bonds is 2. The molecule has 0 atom stereocenters. The molecule has 1 N–H and O–H groups in total. The first-order valence-corrected chi connectivity index (χ1v) is 6.19. The van der Waals surface area contributed by atoms with Crippen molar-refractivity contribution in [3.8, 4) is 0 Å². The number of nitrogens with one attached hydrogen (secondary N) is 1. The fraction of sp³-hybridized carbons (Fsp3) is 0.462. The minimum atomic E-state index is -4.88. The molecule has 1 aromatic rings. The molecule has 20 heavy (non-hydrogen) atoms. The van der Waals surface area contributed by atoms with Gasteiger partial charge in [-0.25, -0.2) is 0 Å². The minimum absolute atomic E-state index is 0.141. The Morgan fingerprint density at radius 2 is 1.95 bits per heavy atom. The molecule has 1 saturated heterocycles.